The van der Waals surface area contributed by atoms with Gasteiger partial charge in [0.25, 0.3) is 0 Å². The van der Waals surface area contributed by atoms with E-state index in [9.17, 15) is 8.42 Å². The summed E-state index contributed by atoms with van der Waals surface area (Å²) in [6.07, 6.45) is 0.901. The van der Waals surface area contributed by atoms with Gasteiger partial charge in [-0.1, -0.05) is 30.1 Å². The number of aliphatic hydroxyl groups is 1. The summed E-state index contributed by atoms with van der Waals surface area (Å²) in [7, 11) is -3.70. The van der Waals surface area contributed by atoms with Crippen LogP contribution in [0.25, 0.3) is 0 Å². The maximum Gasteiger partial charge on any atom is 0.241 e. The Kier molecular flexibility index (Phi) is 5.65. The fourth-order valence-corrected chi connectivity index (χ4v) is 3.47. The van der Waals surface area contributed by atoms with Crippen molar-refractivity contribution in [2.75, 3.05) is 6.61 Å². The molecule has 108 valence electrons. The fourth-order valence-electron chi connectivity index (χ4n) is 1.57. The van der Waals surface area contributed by atoms with E-state index in [1.54, 1.807) is 6.92 Å². The van der Waals surface area contributed by atoms with Gasteiger partial charge >= 0.3 is 0 Å². The molecule has 1 aromatic rings. The molecule has 0 aliphatic carbocycles. The minimum absolute atomic E-state index is 0.0551. The Morgan fingerprint density at radius 2 is 1.95 bits per heavy atom. The van der Waals surface area contributed by atoms with Gasteiger partial charge in [0.15, 0.2) is 0 Å². The largest absolute Gasteiger partial charge is 0.396 e. The van der Waals surface area contributed by atoms with Crippen molar-refractivity contribution in [2.45, 2.75) is 37.1 Å². The summed E-state index contributed by atoms with van der Waals surface area (Å²) in [6.45, 7) is 3.51. The Hall–Kier alpha value is -0.330. The Bertz CT molecular complexity index is 548. The van der Waals surface area contributed by atoms with Gasteiger partial charge in [-0.2, -0.15) is 0 Å². The van der Waals surface area contributed by atoms with Crippen molar-refractivity contribution in [1.82, 2.24) is 4.72 Å². The molecule has 0 aliphatic heterocycles. The molecule has 7 heteroatoms. The molecular formula is C12H17Cl2NO3S. The zero-order valence-electron chi connectivity index (χ0n) is 10.8. The minimum Gasteiger partial charge on any atom is -0.396 e. The Balaban J connectivity index is 3.07. The van der Waals surface area contributed by atoms with Crippen LogP contribution in [-0.2, 0) is 10.0 Å². The van der Waals surface area contributed by atoms with E-state index in [4.69, 9.17) is 28.3 Å². The van der Waals surface area contributed by atoms with E-state index in [2.05, 4.69) is 4.72 Å². The lowest BCUT2D eigenvalue weighted by molar-refractivity contribution is 0.233. The number of nitrogens with one attached hydrogen (secondary N) is 1. The molecule has 4 nitrogen and oxygen atoms in total. The summed E-state index contributed by atoms with van der Waals surface area (Å²) in [5.41, 5.74) is -0.695. The molecule has 0 radical (unpaired) electrons. The highest BCUT2D eigenvalue weighted by Crippen LogP contribution is 2.26. The van der Waals surface area contributed by atoms with Crippen LogP contribution in [0.15, 0.2) is 23.1 Å². The molecule has 1 atom stereocenters. The van der Waals surface area contributed by atoms with Crippen molar-refractivity contribution < 1.29 is 13.5 Å². The predicted molar refractivity (Wildman–Crippen MR) is 77.2 cm³/mol. The van der Waals surface area contributed by atoms with Crippen LogP contribution in [0.2, 0.25) is 10.0 Å². The highest BCUT2D eigenvalue weighted by atomic mass is 35.5. The van der Waals surface area contributed by atoms with Gasteiger partial charge in [0.2, 0.25) is 10.0 Å². The van der Waals surface area contributed by atoms with Crippen LogP contribution in [0.4, 0.5) is 0 Å². The number of aliphatic hydroxyl groups excluding tert-OH is 1. The Morgan fingerprint density at radius 1 is 1.32 bits per heavy atom. The van der Waals surface area contributed by atoms with E-state index in [1.807, 2.05) is 6.92 Å². The van der Waals surface area contributed by atoms with E-state index in [0.29, 0.717) is 17.9 Å². The van der Waals surface area contributed by atoms with E-state index >= 15 is 0 Å². The SMILES string of the molecule is CCC(C)(CCO)NS(=O)(=O)c1ccc(Cl)c(Cl)c1. The topological polar surface area (TPSA) is 66.4 Å². The number of benzene rings is 1. The predicted octanol–water partition coefficient (Wildman–Crippen LogP) is 2.82. The average molecular weight is 326 g/mol. The maximum atomic E-state index is 12.3. The van der Waals surface area contributed by atoms with Crippen molar-refractivity contribution in [1.29, 1.82) is 0 Å². The lowest BCUT2D eigenvalue weighted by Crippen LogP contribution is -2.46. The summed E-state index contributed by atoms with van der Waals surface area (Å²) in [6, 6.07) is 4.14. The van der Waals surface area contributed by atoms with Gasteiger partial charge in [-0.25, -0.2) is 13.1 Å². The Labute approximate surface area is 123 Å². The lowest BCUT2D eigenvalue weighted by atomic mass is 9.97. The zero-order chi connectivity index (χ0) is 14.7. The number of hydrogen-bond donors (Lipinski definition) is 2. The molecule has 0 heterocycles. The summed E-state index contributed by atoms with van der Waals surface area (Å²) < 4.78 is 27.1. The first kappa shape index (κ1) is 16.7. The number of halogens is 2. The van der Waals surface area contributed by atoms with Crippen LogP contribution in [-0.4, -0.2) is 25.7 Å². The lowest BCUT2D eigenvalue weighted by Gasteiger charge is -2.28. The van der Waals surface area contributed by atoms with Crippen LogP contribution in [0.1, 0.15) is 26.7 Å². The van der Waals surface area contributed by atoms with Gasteiger partial charge in [0.1, 0.15) is 0 Å². The van der Waals surface area contributed by atoms with Crippen LogP contribution >= 0.6 is 23.2 Å². The molecule has 2 N–H and O–H groups in total. The molecular weight excluding hydrogens is 309 g/mol. The van der Waals surface area contributed by atoms with Crippen LogP contribution in [0, 0.1) is 0 Å². The third-order valence-corrected chi connectivity index (χ3v) is 5.40. The van der Waals surface area contributed by atoms with E-state index < -0.39 is 15.6 Å². The van der Waals surface area contributed by atoms with Gasteiger partial charge in [-0.3, -0.25) is 0 Å². The van der Waals surface area contributed by atoms with Crippen LogP contribution in [0.3, 0.4) is 0 Å². The summed E-state index contributed by atoms with van der Waals surface area (Å²) in [5.74, 6) is 0. The van der Waals surface area contributed by atoms with Gasteiger partial charge < -0.3 is 5.11 Å². The highest BCUT2D eigenvalue weighted by molar-refractivity contribution is 7.89. The smallest absolute Gasteiger partial charge is 0.241 e. The molecule has 0 aliphatic rings. The molecule has 19 heavy (non-hydrogen) atoms. The summed E-state index contributed by atoms with van der Waals surface area (Å²) in [5, 5.41) is 9.49. The second kappa shape index (κ2) is 6.41. The molecule has 0 fully saturated rings. The van der Waals surface area contributed by atoms with Gasteiger partial charge in [-0.05, 0) is 38.0 Å². The molecule has 1 unspecified atom stereocenters. The zero-order valence-corrected chi connectivity index (χ0v) is 13.1. The van der Waals surface area contributed by atoms with Gasteiger partial charge in [0.05, 0.1) is 14.9 Å². The van der Waals surface area contributed by atoms with E-state index in [-0.39, 0.29) is 16.5 Å². The van der Waals surface area contributed by atoms with Crippen LogP contribution in [0.5, 0.6) is 0 Å². The third kappa shape index (κ3) is 4.33. The van der Waals surface area contributed by atoms with Crippen molar-refractivity contribution in [2.24, 2.45) is 0 Å². The van der Waals surface area contributed by atoms with E-state index in [1.165, 1.54) is 18.2 Å². The minimum atomic E-state index is -3.70. The molecule has 0 amide bonds. The number of hydrogen-bond acceptors (Lipinski definition) is 3. The first-order valence-electron chi connectivity index (χ1n) is 5.84. The fraction of sp³-hybridized carbons (Fsp3) is 0.500. The molecule has 1 rings (SSSR count). The first-order chi connectivity index (χ1) is 8.74. The molecule has 0 aromatic heterocycles. The normalized spacial score (nSPS) is 15.2. The van der Waals surface area contributed by atoms with Crippen molar-refractivity contribution in [3.63, 3.8) is 0 Å². The summed E-state index contributed by atoms with van der Waals surface area (Å²) >= 11 is 11.6. The molecule has 0 bridgehead atoms. The Morgan fingerprint density at radius 3 is 2.42 bits per heavy atom. The maximum absolute atomic E-state index is 12.3. The number of rotatable bonds is 6. The quantitative estimate of drug-likeness (QED) is 0.845. The van der Waals surface area contributed by atoms with Crippen molar-refractivity contribution in [3.05, 3.63) is 28.2 Å². The summed E-state index contributed by atoms with van der Waals surface area (Å²) in [4.78, 5) is 0.0551. The van der Waals surface area contributed by atoms with Gasteiger partial charge in [0, 0.05) is 12.1 Å². The molecule has 0 saturated heterocycles. The molecule has 0 spiro atoms. The second-order valence-electron chi connectivity index (χ2n) is 4.57. The first-order valence-corrected chi connectivity index (χ1v) is 8.08. The molecule has 1 aromatic carbocycles. The standard InChI is InChI=1S/C12H17Cl2NO3S/c1-3-12(2,6-7-16)15-19(17,18)9-4-5-10(13)11(14)8-9/h4-5,8,15-16H,3,6-7H2,1-2H3. The van der Waals surface area contributed by atoms with Crippen molar-refractivity contribution >= 4 is 33.2 Å². The van der Waals surface area contributed by atoms with Crippen molar-refractivity contribution in [3.8, 4) is 0 Å². The monoisotopic (exact) mass is 325 g/mol. The highest BCUT2D eigenvalue weighted by Gasteiger charge is 2.28. The third-order valence-electron chi connectivity index (χ3n) is 3.03. The van der Waals surface area contributed by atoms with E-state index in [0.717, 1.165) is 0 Å². The molecule has 0 saturated carbocycles. The number of sulfonamides is 1. The van der Waals surface area contributed by atoms with Crippen LogP contribution < -0.4 is 4.72 Å². The second-order valence-corrected chi connectivity index (χ2v) is 7.07. The van der Waals surface area contributed by atoms with Gasteiger partial charge in [-0.15, -0.1) is 0 Å². The average Bonchev–Trinajstić information content (AvgIpc) is 2.32.